The molecule has 1 aliphatic carbocycles. The van der Waals surface area contributed by atoms with Crippen molar-refractivity contribution in [1.29, 1.82) is 0 Å². The van der Waals surface area contributed by atoms with E-state index in [-0.39, 0.29) is 23.5 Å². The lowest BCUT2D eigenvalue weighted by Crippen LogP contribution is -2.28. The third-order valence-electron chi connectivity index (χ3n) is 4.45. The molecule has 0 spiro atoms. The van der Waals surface area contributed by atoms with Gasteiger partial charge in [-0.2, -0.15) is 8.78 Å². The predicted octanol–water partition coefficient (Wildman–Crippen LogP) is 3.36. The number of thioether (sulfide) groups is 1. The van der Waals surface area contributed by atoms with Crippen molar-refractivity contribution < 1.29 is 18.3 Å². The normalized spacial score (nSPS) is 15.9. The lowest BCUT2D eigenvalue weighted by Gasteiger charge is -2.15. The van der Waals surface area contributed by atoms with Crippen LogP contribution in [-0.4, -0.2) is 38.5 Å². The van der Waals surface area contributed by atoms with E-state index in [2.05, 4.69) is 25.6 Å². The first kappa shape index (κ1) is 19.5. The first-order valence-corrected chi connectivity index (χ1v) is 9.76. The number of nitrogens with zero attached hydrogens (tertiary/aromatic N) is 4. The molecule has 1 aromatic carbocycles. The molecule has 7 nitrogen and oxygen atoms in total. The zero-order valence-electron chi connectivity index (χ0n) is 14.8. The van der Waals surface area contributed by atoms with Crippen molar-refractivity contribution in [1.82, 2.24) is 25.5 Å². The Labute approximate surface area is 159 Å². The fraction of sp³-hybridized carbons (Fsp3) is 0.529. The van der Waals surface area contributed by atoms with E-state index in [0.29, 0.717) is 11.2 Å². The summed E-state index contributed by atoms with van der Waals surface area (Å²) in [6.07, 6.45) is 4.47. The van der Waals surface area contributed by atoms with Gasteiger partial charge in [0.25, 0.3) is 0 Å². The molecule has 1 aliphatic rings. The lowest BCUT2D eigenvalue weighted by atomic mass is 10.1. The minimum Gasteiger partial charge on any atom is -0.435 e. The number of carbonyl (C=O) groups excluding carboxylic acids is 1. The fourth-order valence-electron chi connectivity index (χ4n) is 3.09. The summed E-state index contributed by atoms with van der Waals surface area (Å²) in [5.74, 6) is 0.132. The highest BCUT2D eigenvalue weighted by Crippen LogP contribution is 2.31. The SMILES string of the molecule is CC(NC(=O)CSc1nnnn1C1CCCC1)c1ccc(OC(F)F)cc1. The van der Waals surface area contributed by atoms with Gasteiger partial charge < -0.3 is 10.1 Å². The first-order chi connectivity index (χ1) is 13.0. The molecule has 1 fully saturated rings. The molecule has 1 atom stereocenters. The maximum Gasteiger partial charge on any atom is 0.387 e. The summed E-state index contributed by atoms with van der Waals surface area (Å²) in [7, 11) is 0. The molecule has 1 saturated carbocycles. The van der Waals surface area contributed by atoms with Crippen LogP contribution in [0, 0.1) is 0 Å². The summed E-state index contributed by atoms with van der Waals surface area (Å²) in [4.78, 5) is 12.2. The zero-order chi connectivity index (χ0) is 19.2. The Kier molecular flexibility index (Phi) is 6.59. The van der Waals surface area contributed by atoms with Gasteiger partial charge in [-0.05, 0) is 47.9 Å². The number of amides is 1. The minimum atomic E-state index is -2.86. The molecular formula is C17H21F2N5O2S. The number of ether oxygens (including phenoxy) is 1. The van der Waals surface area contributed by atoms with Crippen LogP contribution in [0.2, 0.25) is 0 Å². The highest BCUT2D eigenvalue weighted by molar-refractivity contribution is 7.99. The average molecular weight is 397 g/mol. The molecular weight excluding hydrogens is 376 g/mol. The van der Waals surface area contributed by atoms with Crippen LogP contribution in [0.3, 0.4) is 0 Å². The molecule has 1 aromatic heterocycles. The number of rotatable bonds is 8. The Morgan fingerprint density at radius 3 is 2.70 bits per heavy atom. The van der Waals surface area contributed by atoms with Gasteiger partial charge in [-0.15, -0.1) is 5.10 Å². The molecule has 3 rings (SSSR count). The number of aromatic nitrogens is 4. The molecule has 0 aliphatic heterocycles. The monoisotopic (exact) mass is 397 g/mol. The number of benzene rings is 1. The molecule has 0 saturated heterocycles. The van der Waals surface area contributed by atoms with Crippen LogP contribution < -0.4 is 10.1 Å². The first-order valence-electron chi connectivity index (χ1n) is 8.77. The average Bonchev–Trinajstić information content (AvgIpc) is 3.31. The fourth-order valence-corrected chi connectivity index (χ4v) is 3.85. The Morgan fingerprint density at radius 2 is 2.04 bits per heavy atom. The summed E-state index contributed by atoms with van der Waals surface area (Å²) in [5, 5.41) is 15.3. The van der Waals surface area contributed by atoms with E-state index in [1.54, 1.807) is 12.1 Å². The second-order valence-electron chi connectivity index (χ2n) is 6.37. The standard InChI is InChI=1S/C17H21F2N5O2S/c1-11(12-6-8-14(9-7-12)26-16(18)19)20-15(25)10-27-17-21-22-23-24(17)13-4-2-3-5-13/h6-9,11,13,16H,2-5,10H2,1H3,(H,20,25). The van der Waals surface area contributed by atoms with Crippen LogP contribution >= 0.6 is 11.8 Å². The second-order valence-corrected chi connectivity index (χ2v) is 7.31. The smallest absolute Gasteiger partial charge is 0.387 e. The molecule has 1 unspecified atom stereocenters. The molecule has 146 valence electrons. The van der Waals surface area contributed by atoms with Gasteiger partial charge in [-0.1, -0.05) is 36.7 Å². The van der Waals surface area contributed by atoms with Crippen molar-refractivity contribution in [3.63, 3.8) is 0 Å². The van der Waals surface area contributed by atoms with Crippen molar-refractivity contribution in [2.75, 3.05) is 5.75 Å². The summed E-state index contributed by atoms with van der Waals surface area (Å²) in [5.41, 5.74) is 0.797. The number of carbonyl (C=O) groups is 1. The van der Waals surface area contributed by atoms with Gasteiger partial charge in [-0.25, -0.2) is 4.68 Å². The largest absolute Gasteiger partial charge is 0.435 e. The van der Waals surface area contributed by atoms with E-state index in [1.165, 1.54) is 36.7 Å². The topological polar surface area (TPSA) is 81.9 Å². The molecule has 0 radical (unpaired) electrons. The molecule has 0 bridgehead atoms. The maximum atomic E-state index is 12.2. The van der Waals surface area contributed by atoms with Gasteiger partial charge in [0.15, 0.2) is 0 Å². The van der Waals surface area contributed by atoms with Gasteiger partial charge >= 0.3 is 6.61 Å². The van der Waals surface area contributed by atoms with Crippen molar-refractivity contribution >= 4 is 17.7 Å². The van der Waals surface area contributed by atoms with Crippen LogP contribution in [0.1, 0.15) is 50.3 Å². The van der Waals surface area contributed by atoms with Gasteiger partial charge in [0.1, 0.15) is 5.75 Å². The van der Waals surface area contributed by atoms with Crippen LogP contribution in [0.15, 0.2) is 29.4 Å². The third kappa shape index (κ3) is 5.38. The van der Waals surface area contributed by atoms with Gasteiger partial charge in [-0.3, -0.25) is 4.79 Å². The molecule has 10 heteroatoms. The number of halogens is 2. The predicted molar refractivity (Wildman–Crippen MR) is 95.7 cm³/mol. The van der Waals surface area contributed by atoms with E-state index < -0.39 is 6.61 Å². The summed E-state index contributed by atoms with van der Waals surface area (Å²) in [6, 6.07) is 6.26. The molecule has 27 heavy (non-hydrogen) atoms. The molecule has 2 aromatic rings. The van der Waals surface area contributed by atoms with E-state index in [1.807, 2.05) is 11.6 Å². The Hall–Kier alpha value is -2.23. The zero-order valence-corrected chi connectivity index (χ0v) is 15.7. The van der Waals surface area contributed by atoms with E-state index >= 15 is 0 Å². The van der Waals surface area contributed by atoms with E-state index in [4.69, 9.17) is 0 Å². The van der Waals surface area contributed by atoms with Gasteiger partial charge in [0, 0.05) is 0 Å². The summed E-state index contributed by atoms with van der Waals surface area (Å²) >= 11 is 1.31. The summed E-state index contributed by atoms with van der Waals surface area (Å²) in [6.45, 7) is -1.03. The van der Waals surface area contributed by atoms with Crippen LogP contribution in [-0.2, 0) is 4.79 Å². The number of tetrazole rings is 1. The molecule has 1 N–H and O–H groups in total. The number of alkyl halides is 2. The minimum absolute atomic E-state index is 0.0848. The van der Waals surface area contributed by atoms with Crippen LogP contribution in [0.4, 0.5) is 8.78 Å². The lowest BCUT2D eigenvalue weighted by molar-refractivity contribution is -0.119. The molecule has 1 heterocycles. The van der Waals surface area contributed by atoms with E-state index in [9.17, 15) is 13.6 Å². The maximum absolute atomic E-state index is 12.2. The number of nitrogens with one attached hydrogen (secondary N) is 1. The number of hydrogen-bond acceptors (Lipinski definition) is 6. The molecule has 1 amide bonds. The van der Waals surface area contributed by atoms with E-state index in [0.717, 1.165) is 18.4 Å². The Morgan fingerprint density at radius 1 is 1.33 bits per heavy atom. The van der Waals surface area contributed by atoms with Gasteiger partial charge in [0.2, 0.25) is 11.1 Å². The quantitative estimate of drug-likeness (QED) is 0.688. The highest BCUT2D eigenvalue weighted by atomic mass is 32.2. The van der Waals surface area contributed by atoms with Crippen molar-refractivity contribution in [2.24, 2.45) is 0 Å². The Balaban J connectivity index is 1.50. The van der Waals surface area contributed by atoms with Crippen molar-refractivity contribution in [2.45, 2.75) is 56.5 Å². The third-order valence-corrected chi connectivity index (χ3v) is 5.38. The van der Waals surface area contributed by atoms with Gasteiger partial charge in [0.05, 0.1) is 17.8 Å². The Bertz CT molecular complexity index is 750. The number of hydrogen-bond donors (Lipinski definition) is 1. The highest BCUT2D eigenvalue weighted by Gasteiger charge is 2.22. The second kappa shape index (κ2) is 9.12. The van der Waals surface area contributed by atoms with Crippen LogP contribution in [0.25, 0.3) is 0 Å². The van der Waals surface area contributed by atoms with Crippen LogP contribution in [0.5, 0.6) is 5.75 Å². The van der Waals surface area contributed by atoms with Crippen molar-refractivity contribution in [3.8, 4) is 5.75 Å². The summed E-state index contributed by atoms with van der Waals surface area (Å²) < 4.78 is 30.5. The van der Waals surface area contributed by atoms with Crippen molar-refractivity contribution in [3.05, 3.63) is 29.8 Å².